The maximum absolute atomic E-state index is 14.4. The first kappa shape index (κ1) is 27.1. The van der Waals surface area contributed by atoms with Crippen LogP contribution in [0.25, 0.3) is 10.9 Å². The van der Waals surface area contributed by atoms with Crippen molar-refractivity contribution < 1.29 is 29.3 Å². The molecule has 3 heterocycles. The quantitative estimate of drug-likeness (QED) is 0.338. The van der Waals surface area contributed by atoms with Crippen molar-refractivity contribution in [2.24, 2.45) is 29.1 Å². The van der Waals surface area contributed by atoms with Crippen molar-refractivity contribution in [3.8, 4) is 0 Å². The van der Waals surface area contributed by atoms with Crippen LogP contribution in [0.3, 0.4) is 0 Å². The highest BCUT2D eigenvalue weighted by molar-refractivity contribution is 6.10. The van der Waals surface area contributed by atoms with Gasteiger partial charge in [0.1, 0.15) is 17.3 Å². The largest absolute Gasteiger partial charge is 0.389 e. The number of Topliss-reactive ketones (excluding diaryl/α,β-unsaturated/α-hetero) is 2. The van der Waals surface area contributed by atoms with Crippen LogP contribution in [-0.2, 0) is 25.5 Å². The number of carbonyl (C=O) groups is 3. The highest BCUT2D eigenvalue weighted by atomic mass is 16.6. The lowest BCUT2D eigenvalue weighted by molar-refractivity contribution is -0.191. The van der Waals surface area contributed by atoms with E-state index >= 15 is 0 Å². The Bertz CT molecular complexity index is 1460. The first-order valence-corrected chi connectivity index (χ1v) is 14.3. The Kier molecular flexibility index (Phi) is 6.25. The summed E-state index contributed by atoms with van der Waals surface area (Å²) in [6, 6.07) is 7.90. The second-order valence-corrected chi connectivity index (χ2v) is 12.6. The smallest absolute Gasteiger partial charge is 0.237 e. The Hall–Kier alpha value is -3.07. The summed E-state index contributed by atoms with van der Waals surface area (Å²) in [5.41, 5.74) is -1.44. The molecule has 2 aliphatic heterocycles. The van der Waals surface area contributed by atoms with Crippen LogP contribution >= 0.6 is 0 Å². The van der Waals surface area contributed by atoms with Gasteiger partial charge in [0.05, 0.1) is 11.7 Å². The number of carbonyl (C=O) groups excluding carboxylic acids is 3. The van der Waals surface area contributed by atoms with Crippen LogP contribution in [0.2, 0.25) is 0 Å². The molecule has 2 aromatic rings. The highest BCUT2D eigenvalue weighted by Crippen LogP contribution is 2.67. The summed E-state index contributed by atoms with van der Waals surface area (Å²) in [6.45, 7) is 7.48. The molecule has 2 bridgehead atoms. The van der Waals surface area contributed by atoms with E-state index in [9.17, 15) is 24.6 Å². The van der Waals surface area contributed by atoms with Crippen LogP contribution in [0.5, 0.6) is 0 Å². The van der Waals surface area contributed by atoms with Crippen LogP contribution in [0, 0.1) is 29.1 Å². The Labute approximate surface area is 233 Å². The molecule has 6 rings (SSSR count). The normalized spacial score (nSPS) is 43.8. The molecule has 8 heteroatoms. The molecule has 1 saturated carbocycles. The van der Waals surface area contributed by atoms with E-state index in [0.717, 1.165) is 16.5 Å². The number of hydrogen-bond acceptors (Lipinski definition) is 6. The number of H-pyrrole nitrogens is 1. The van der Waals surface area contributed by atoms with Gasteiger partial charge < -0.3 is 25.3 Å². The van der Waals surface area contributed by atoms with Gasteiger partial charge in [-0.3, -0.25) is 14.4 Å². The summed E-state index contributed by atoms with van der Waals surface area (Å²) in [5.74, 6) is -2.95. The summed E-state index contributed by atoms with van der Waals surface area (Å²) in [7, 11) is 0. The molecule has 4 aliphatic rings. The molecule has 2 saturated heterocycles. The summed E-state index contributed by atoms with van der Waals surface area (Å²) < 4.78 is 6.80. The van der Waals surface area contributed by atoms with Crippen molar-refractivity contribution in [2.45, 2.75) is 76.9 Å². The number of aliphatic hydroxyl groups excluding tert-OH is 2. The number of hydrogen-bond donors (Lipinski definition) is 4. The Morgan fingerprint density at radius 1 is 1.12 bits per heavy atom. The predicted octanol–water partition coefficient (Wildman–Crippen LogP) is 3.38. The second-order valence-electron chi connectivity index (χ2n) is 12.6. The zero-order chi connectivity index (χ0) is 28.6. The highest BCUT2D eigenvalue weighted by Gasteiger charge is 2.82. The lowest BCUT2D eigenvalue weighted by atomic mass is 9.50. The Morgan fingerprint density at radius 3 is 2.65 bits per heavy atom. The van der Waals surface area contributed by atoms with Crippen molar-refractivity contribution in [1.29, 1.82) is 0 Å². The number of aromatic nitrogens is 1. The minimum atomic E-state index is -1.60. The number of allylic oxidation sites excluding steroid dienone is 2. The molecule has 0 unspecified atom stereocenters. The standard InChI is InChI=1S/C32H38N2O6/c1-17-8-7-10-22-28(38)30(4)19(3)27-31(40-30,15-20-16-33-23-11-6-5-9-21(20)23)34-29(39)32(22,27)25(36)13-12-24(35)26(37)18(2)14-17/h5-7,9-11,14,16-17,19,22,24,27-28,33,35,38H,8,12-13,15H2,1-4H3,(H,34,39)/b10-7-,18-14-/t17-,19-,22-,24-,27-,28-,30-,31+,32+/m0/s1. The van der Waals surface area contributed by atoms with E-state index in [4.69, 9.17) is 4.74 Å². The molecule has 40 heavy (non-hydrogen) atoms. The zero-order valence-electron chi connectivity index (χ0n) is 23.4. The number of para-hydroxylation sites is 1. The van der Waals surface area contributed by atoms with E-state index in [-0.39, 0.29) is 30.5 Å². The third-order valence-corrected chi connectivity index (χ3v) is 10.3. The molecule has 2 aliphatic carbocycles. The minimum absolute atomic E-state index is 0.0126. The maximum atomic E-state index is 14.4. The number of fused-ring (bicyclic) bond motifs is 2. The molecule has 4 N–H and O–H groups in total. The van der Waals surface area contributed by atoms with Gasteiger partial charge in [0, 0.05) is 41.8 Å². The lowest BCUT2D eigenvalue weighted by Crippen LogP contribution is -2.64. The van der Waals surface area contributed by atoms with Crippen molar-refractivity contribution in [3.05, 3.63) is 59.8 Å². The minimum Gasteiger partial charge on any atom is -0.389 e. The molecule has 1 amide bonds. The molecule has 3 fully saturated rings. The average molecular weight is 547 g/mol. The zero-order valence-corrected chi connectivity index (χ0v) is 23.4. The van der Waals surface area contributed by atoms with Crippen molar-refractivity contribution in [1.82, 2.24) is 10.3 Å². The van der Waals surface area contributed by atoms with Gasteiger partial charge in [-0.25, -0.2) is 0 Å². The molecular weight excluding hydrogens is 508 g/mol. The molecule has 9 atom stereocenters. The van der Waals surface area contributed by atoms with Gasteiger partial charge in [-0.2, -0.15) is 0 Å². The molecule has 1 aromatic heterocycles. The van der Waals surface area contributed by atoms with E-state index in [1.165, 1.54) is 0 Å². The van der Waals surface area contributed by atoms with E-state index in [1.54, 1.807) is 6.92 Å². The van der Waals surface area contributed by atoms with Crippen LogP contribution in [0.1, 0.15) is 52.5 Å². The van der Waals surface area contributed by atoms with Crippen LogP contribution < -0.4 is 5.32 Å². The van der Waals surface area contributed by atoms with Gasteiger partial charge in [-0.15, -0.1) is 0 Å². The van der Waals surface area contributed by atoms with Gasteiger partial charge >= 0.3 is 0 Å². The summed E-state index contributed by atoms with van der Waals surface area (Å²) in [6.07, 6.45) is 5.64. The molecule has 8 nitrogen and oxygen atoms in total. The molecule has 0 radical (unpaired) electrons. The number of rotatable bonds is 2. The number of ether oxygens (including phenoxy) is 1. The van der Waals surface area contributed by atoms with Crippen LogP contribution in [0.15, 0.2) is 54.3 Å². The fraction of sp³-hybridized carbons (Fsp3) is 0.531. The third-order valence-electron chi connectivity index (χ3n) is 10.3. The fourth-order valence-electron chi connectivity index (χ4n) is 8.26. The van der Waals surface area contributed by atoms with Crippen molar-refractivity contribution >= 4 is 28.4 Å². The Balaban J connectivity index is 1.49. The first-order chi connectivity index (χ1) is 19.0. The van der Waals surface area contributed by atoms with Gasteiger partial charge in [0.15, 0.2) is 11.5 Å². The van der Waals surface area contributed by atoms with Crippen molar-refractivity contribution in [3.63, 3.8) is 0 Å². The maximum Gasteiger partial charge on any atom is 0.237 e. The Morgan fingerprint density at radius 2 is 1.88 bits per heavy atom. The molecule has 1 spiro atoms. The van der Waals surface area contributed by atoms with Gasteiger partial charge in [-0.1, -0.05) is 50.3 Å². The number of aromatic amines is 1. The summed E-state index contributed by atoms with van der Waals surface area (Å²) in [5, 5.41) is 26.8. The number of nitrogens with one attached hydrogen (secondary N) is 2. The summed E-state index contributed by atoms with van der Waals surface area (Å²) in [4.78, 5) is 44.7. The van der Waals surface area contributed by atoms with Gasteiger partial charge in [-0.05, 0) is 55.7 Å². The second kappa shape index (κ2) is 9.23. The monoisotopic (exact) mass is 546 g/mol. The van der Waals surface area contributed by atoms with Gasteiger partial charge in [0.25, 0.3) is 0 Å². The van der Waals surface area contributed by atoms with E-state index in [2.05, 4.69) is 10.3 Å². The number of benzene rings is 1. The lowest BCUT2D eigenvalue weighted by Gasteiger charge is -2.50. The third kappa shape index (κ3) is 3.58. The first-order valence-electron chi connectivity index (χ1n) is 14.3. The predicted molar refractivity (Wildman–Crippen MR) is 149 cm³/mol. The average Bonchev–Trinajstić information content (AvgIpc) is 3.48. The van der Waals surface area contributed by atoms with E-state index in [0.29, 0.717) is 18.4 Å². The SMILES string of the molecule is C/C1=C/[C@@H](C)C/C=C\[C@H]2[C@H](O)[C@@]3(C)O[C@@]4(Cc5c[nH]c6ccccc56)NC(=O)[C@]2(C(=O)CC[C@H](O)C1=O)[C@H]4[C@@H]3C. The number of aliphatic hydroxyl groups is 2. The molecule has 212 valence electrons. The van der Waals surface area contributed by atoms with Crippen LogP contribution in [0.4, 0.5) is 0 Å². The molecular formula is C32H38N2O6. The fourth-order valence-corrected chi connectivity index (χ4v) is 8.26. The van der Waals surface area contributed by atoms with Crippen LogP contribution in [-0.4, -0.2) is 56.2 Å². The summed E-state index contributed by atoms with van der Waals surface area (Å²) >= 11 is 0. The number of amides is 1. The van der Waals surface area contributed by atoms with Gasteiger partial charge in [0.2, 0.25) is 5.91 Å². The van der Waals surface area contributed by atoms with Crippen molar-refractivity contribution in [2.75, 3.05) is 0 Å². The topological polar surface area (TPSA) is 129 Å². The van der Waals surface area contributed by atoms with E-state index in [1.807, 2.05) is 69.5 Å². The number of ketones is 2. The van der Waals surface area contributed by atoms with E-state index < -0.39 is 52.5 Å². The molecule has 1 aromatic carbocycles.